The maximum atomic E-state index is 13.0. The number of ether oxygens (including phenoxy) is 1. The van der Waals surface area contributed by atoms with Gasteiger partial charge in [-0.1, -0.05) is 0 Å². The average Bonchev–Trinajstić information content (AvgIpc) is 2.93. The van der Waals surface area contributed by atoms with Crippen LogP contribution in [0.25, 0.3) is 0 Å². The summed E-state index contributed by atoms with van der Waals surface area (Å²) in [5, 5.41) is 3.00. The molecule has 1 saturated heterocycles. The van der Waals surface area contributed by atoms with E-state index in [1.54, 1.807) is 25.7 Å². The van der Waals surface area contributed by atoms with Crippen LogP contribution in [0.3, 0.4) is 0 Å². The Morgan fingerprint density at radius 1 is 1.35 bits per heavy atom. The van der Waals surface area contributed by atoms with Crippen molar-refractivity contribution in [1.82, 2.24) is 14.9 Å². The molecule has 0 aliphatic carbocycles. The van der Waals surface area contributed by atoms with Gasteiger partial charge in [0.2, 0.25) is 5.95 Å². The second-order valence-electron chi connectivity index (χ2n) is 7.38. The van der Waals surface area contributed by atoms with E-state index >= 15 is 0 Å². The topological polar surface area (TPSA) is 70.6 Å². The summed E-state index contributed by atoms with van der Waals surface area (Å²) >= 11 is 0. The fraction of sp³-hybridized carbons (Fsp3) is 0.688. The molecular formula is C16H24F3N5O2. The number of anilines is 2. The van der Waals surface area contributed by atoms with Gasteiger partial charge in [-0.05, 0) is 27.2 Å². The van der Waals surface area contributed by atoms with Crippen LogP contribution in [0.2, 0.25) is 0 Å². The van der Waals surface area contributed by atoms with E-state index in [1.807, 2.05) is 0 Å². The number of hydrogen-bond donors (Lipinski definition) is 1. The summed E-state index contributed by atoms with van der Waals surface area (Å²) in [6.07, 6.45) is -3.55. The van der Waals surface area contributed by atoms with Gasteiger partial charge in [-0.2, -0.15) is 18.2 Å². The molecule has 1 aromatic heterocycles. The lowest BCUT2D eigenvalue weighted by atomic mass is 10.2. The monoisotopic (exact) mass is 375 g/mol. The molecule has 1 fully saturated rings. The Balaban J connectivity index is 2.06. The van der Waals surface area contributed by atoms with Gasteiger partial charge in [0.15, 0.2) is 0 Å². The molecule has 7 nitrogen and oxygen atoms in total. The molecule has 1 amide bonds. The number of likely N-dealkylation sites (tertiary alicyclic amines) is 1. The maximum absolute atomic E-state index is 13.0. The van der Waals surface area contributed by atoms with Crippen molar-refractivity contribution in [3.05, 3.63) is 11.8 Å². The zero-order valence-corrected chi connectivity index (χ0v) is 15.5. The zero-order valence-electron chi connectivity index (χ0n) is 15.5. The minimum atomic E-state index is -4.53. The van der Waals surface area contributed by atoms with Crippen LogP contribution in [0.1, 0.15) is 32.8 Å². The first-order chi connectivity index (χ1) is 11.9. The molecule has 0 radical (unpaired) electrons. The van der Waals surface area contributed by atoms with Gasteiger partial charge >= 0.3 is 12.3 Å². The number of nitrogens with one attached hydrogen (secondary N) is 1. The van der Waals surface area contributed by atoms with Crippen LogP contribution in [0.4, 0.5) is 29.7 Å². The Morgan fingerprint density at radius 3 is 2.54 bits per heavy atom. The van der Waals surface area contributed by atoms with E-state index in [2.05, 4.69) is 15.3 Å². The first kappa shape index (κ1) is 20.1. The summed E-state index contributed by atoms with van der Waals surface area (Å²) in [6.45, 7) is 6.23. The molecule has 1 aliphatic rings. The third-order valence-electron chi connectivity index (χ3n) is 3.67. The van der Waals surface area contributed by atoms with Crippen LogP contribution in [0, 0.1) is 0 Å². The van der Waals surface area contributed by atoms with Crippen molar-refractivity contribution in [2.45, 2.75) is 45.0 Å². The summed E-state index contributed by atoms with van der Waals surface area (Å²) < 4.78 is 44.4. The number of carbonyl (C=O) groups excluding carboxylic acids is 1. The molecule has 1 N–H and O–H groups in total. The lowest BCUT2D eigenvalue weighted by Crippen LogP contribution is -2.36. The third-order valence-corrected chi connectivity index (χ3v) is 3.67. The minimum absolute atomic E-state index is 0.0951. The molecule has 1 aliphatic heterocycles. The van der Waals surface area contributed by atoms with Gasteiger partial charge in [0.05, 0.1) is 0 Å². The second kappa shape index (κ2) is 7.16. The first-order valence-corrected chi connectivity index (χ1v) is 8.23. The average molecular weight is 375 g/mol. The Labute approximate surface area is 150 Å². The van der Waals surface area contributed by atoms with Gasteiger partial charge in [-0.25, -0.2) is 9.78 Å². The quantitative estimate of drug-likeness (QED) is 0.876. The number of carbonyl (C=O) groups is 1. The Bertz CT molecular complexity index is 658. The van der Waals surface area contributed by atoms with Crippen LogP contribution in [0.5, 0.6) is 0 Å². The predicted octanol–water partition coefficient (Wildman–Crippen LogP) is 2.98. The van der Waals surface area contributed by atoms with Gasteiger partial charge in [-0.3, -0.25) is 0 Å². The zero-order chi connectivity index (χ0) is 19.7. The fourth-order valence-corrected chi connectivity index (χ4v) is 2.54. The Kier molecular flexibility index (Phi) is 5.52. The molecule has 26 heavy (non-hydrogen) atoms. The molecule has 1 atom stereocenters. The Morgan fingerprint density at radius 2 is 2.00 bits per heavy atom. The van der Waals surface area contributed by atoms with E-state index in [-0.39, 0.29) is 17.8 Å². The van der Waals surface area contributed by atoms with Crippen molar-refractivity contribution < 1.29 is 22.7 Å². The highest BCUT2D eigenvalue weighted by Crippen LogP contribution is 2.34. The summed E-state index contributed by atoms with van der Waals surface area (Å²) in [5.74, 6) is -0.116. The van der Waals surface area contributed by atoms with Crippen molar-refractivity contribution in [3.8, 4) is 0 Å². The highest BCUT2D eigenvalue weighted by atomic mass is 19.4. The van der Waals surface area contributed by atoms with Crippen molar-refractivity contribution in [2.75, 3.05) is 37.4 Å². The van der Waals surface area contributed by atoms with E-state index in [9.17, 15) is 18.0 Å². The van der Waals surface area contributed by atoms with E-state index < -0.39 is 23.4 Å². The largest absolute Gasteiger partial charge is 0.444 e. The SMILES string of the molecule is CN(C)c1nc(N[C@H]2CCN(C(=O)OC(C)(C)C)C2)ncc1C(F)(F)F. The molecule has 2 heterocycles. The molecular weight excluding hydrogens is 351 g/mol. The molecule has 2 rings (SSSR count). The summed E-state index contributed by atoms with van der Waals surface area (Å²) in [6, 6.07) is -0.158. The molecule has 0 bridgehead atoms. The first-order valence-electron chi connectivity index (χ1n) is 8.23. The van der Waals surface area contributed by atoms with E-state index in [1.165, 1.54) is 19.0 Å². The van der Waals surface area contributed by atoms with Crippen LogP contribution >= 0.6 is 0 Å². The number of alkyl halides is 3. The highest BCUT2D eigenvalue weighted by Gasteiger charge is 2.36. The molecule has 10 heteroatoms. The van der Waals surface area contributed by atoms with Gasteiger partial charge in [0.1, 0.15) is 17.0 Å². The molecule has 0 aromatic carbocycles. The van der Waals surface area contributed by atoms with E-state index in [4.69, 9.17) is 4.74 Å². The normalized spacial score (nSPS) is 18.0. The van der Waals surface area contributed by atoms with E-state index in [0.717, 1.165) is 6.20 Å². The van der Waals surface area contributed by atoms with Gasteiger partial charge in [0.25, 0.3) is 0 Å². The smallest absolute Gasteiger partial charge is 0.421 e. The lowest BCUT2D eigenvalue weighted by Gasteiger charge is -2.24. The second-order valence-corrected chi connectivity index (χ2v) is 7.38. The number of rotatable bonds is 3. The number of aromatic nitrogens is 2. The Hall–Kier alpha value is -2.26. The predicted molar refractivity (Wildman–Crippen MR) is 91.2 cm³/mol. The van der Waals surface area contributed by atoms with Crippen LogP contribution in [0.15, 0.2) is 6.20 Å². The molecule has 0 saturated carbocycles. The van der Waals surface area contributed by atoms with Crippen molar-refractivity contribution in [2.24, 2.45) is 0 Å². The minimum Gasteiger partial charge on any atom is -0.444 e. The van der Waals surface area contributed by atoms with Crippen molar-refractivity contribution in [3.63, 3.8) is 0 Å². The molecule has 0 unspecified atom stereocenters. The van der Waals surface area contributed by atoms with Crippen molar-refractivity contribution in [1.29, 1.82) is 0 Å². The van der Waals surface area contributed by atoms with Gasteiger partial charge < -0.3 is 19.9 Å². The summed E-state index contributed by atoms with van der Waals surface area (Å²) in [4.78, 5) is 22.7. The number of amides is 1. The summed E-state index contributed by atoms with van der Waals surface area (Å²) in [5.41, 5.74) is -1.48. The van der Waals surface area contributed by atoms with Gasteiger partial charge in [0, 0.05) is 39.4 Å². The number of halogens is 3. The fourth-order valence-electron chi connectivity index (χ4n) is 2.54. The van der Waals surface area contributed by atoms with Gasteiger partial charge in [-0.15, -0.1) is 0 Å². The van der Waals surface area contributed by atoms with Crippen LogP contribution in [-0.2, 0) is 10.9 Å². The molecule has 1 aromatic rings. The highest BCUT2D eigenvalue weighted by molar-refractivity contribution is 5.68. The number of hydrogen-bond acceptors (Lipinski definition) is 6. The molecule has 0 spiro atoms. The third kappa shape index (κ3) is 5.12. The lowest BCUT2D eigenvalue weighted by molar-refractivity contribution is -0.137. The van der Waals surface area contributed by atoms with Crippen LogP contribution in [-0.4, -0.2) is 59.8 Å². The standard InChI is InChI=1S/C16H24F3N5O2/c1-15(2,3)26-14(25)24-7-6-10(9-24)21-13-20-8-11(16(17,18)19)12(22-13)23(4)5/h8,10H,6-7,9H2,1-5H3,(H,20,21,22)/t10-/m0/s1. The molecule has 146 valence electrons. The number of nitrogens with zero attached hydrogens (tertiary/aromatic N) is 4. The van der Waals surface area contributed by atoms with Crippen molar-refractivity contribution >= 4 is 17.9 Å². The summed E-state index contributed by atoms with van der Waals surface area (Å²) in [7, 11) is 2.97. The van der Waals surface area contributed by atoms with Crippen LogP contribution < -0.4 is 10.2 Å². The maximum Gasteiger partial charge on any atom is 0.421 e. The van der Waals surface area contributed by atoms with E-state index in [0.29, 0.717) is 19.5 Å².